The molecule has 0 atom stereocenters. The van der Waals surface area contributed by atoms with E-state index in [-0.39, 0.29) is 0 Å². The Kier molecular flexibility index (Phi) is 4.55. The van der Waals surface area contributed by atoms with Crippen molar-refractivity contribution in [3.05, 3.63) is 97.1 Å². The van der Waals surface area contributed by atoms with E-state index in [0.29, 0.717) is 17.5 Å². The van der Waals surface area contributed by atoms with Crippen LogP contribution >= 0.6 is 11.3 Å². The van der Waals surface area contributed by atoms with E-state index in [1.165, 1.54) is 25.6 Å². The first-order valence-corrected chi connectivity index (χ1v) is 11.4. The summed E-state index contributed by atoms with van der Waals surface area (Å²) in [4.78, 5) is 14.7. The Morgan fingerprint density at radius 2 is 1.22 bits per heavy atom. The van der Waals surface area contributed by atoms with Crippen LogP contribution in [0.25, 0.3) is 54.3 Å². The van der Waals surface area contributed by atoms with Crippen LogP contribution < -0.4 is 5.46 Å². The summed E-state index contributed by atoms with van der Waals surface area (Å²) in [5.41, 5.74) is 4.19. The van der Waals surface area contributed by atoms with Crippen LogP contribution in [0.2, 0.25) is 0 Å². The van der Waals surface area contributed by atoms with Crippen molar-refractivity contribution in [2.24, 2.45) is 0 Å². The second-order valence-electron chi connectivity index (χ2n) is 7.82. The molecule has 4 aromatic carbocycles. The number of hydrogen-bond acceptors (Lipinski definition) is 4. The van der Waals surface area contributed by atoms with Crippen molar-refractivity contribution in [3.8, 4) is 34.2 Å². The van der Waals surface area contributed by atoms with Crippen molar-refractivity contribution < 1.29 is 0 Å². The Morgan fingerprint density at radius 3 is 2.06 bits per heavy atom. The van der Waals surface area contributed by atoms with Gasteiger partial charge in [-0.25, -0.2) is 15.0 Å². The quantitative estimate of drug-likeness (QED) is 0.350. The van der Waals surface area contributed by atoms with E-state index in [0.717, 1.165) is 16.7 Å². The molecule has 150 valence electrons. The molecule has 6 rings (SSSR count). The van der Waals surface area contributed by atoms with Gasteiger partial charge in [0.1, 0.15) is 7.85 Å². The standard InChI is InChI=1S/C27H18BN3S/c28-19-11-6-10-18(16-19)26-29-25(17-8-2-1-3-9-17)30-27(31-26)22-14-7-13-21-20-12-4-5-15-23(20)32-24(21)22/h1-16H,28H2. The molecule has 0 unspecified atom stereocenters. The summed E-state index contributed by atoms with van der Waals surface area (Å²) < 4.78 is 2.47. The number of rotatable bonds is 3. The maximum absolute atomic E-state index is 4.95. The van der Waals surface area contributed by atoms with E-state index in [2.05, 4.69) is 68.5 Å². The maximum atomic E-state index is 4.95. The van der Waals surface area contributed by atoms with Gasteiger partial charge in [-0.2, -0.15) is 0 Å². The van der Waals surface area contributed by atoms with Crippen LogP contribution in [0.1, 0.15) is 0 Å². The van der Waals surface area contributed by atoms with Gasteiger partial charge in [0, 0.05) is 36.9 Å². The highest BCUT2D eigenvalue weighted by atomic mass is 32.1. The molecule has 2 aromatic heterocycles. The molecule has 0 spiro atoms. The van der Waals surface area contributed by atoms with Crippen molar-refractivity contribution in [2.75, 3.05) is 0 Å². The van der Waals surface area contributed by atoms with E-state index in [1.54, 1.807) is 11.3 Å². The molecule has 6 aromatic rings. The minimum atomic E-state index is 0.685. The van der Waals surface area contributed by atoms with E-state index < -0.39 is 0 Å². The lowest BCUT2D eigenvalue weighted by atomic mass is 9.94. The number of hydrogen-bond donors (Lipinski definition) is 0. The second kappa shape index (κ2) is 7.70. The lowest BCUT2D eigenvalue weighted by Gasteiger charge is -2.09. The minimum absolute atomic E-state index is 0.685. The third kappa shape index (κ3) is 3.27. The van der Waals surface area contributed by atoms with Crippen molar-refractivity contribution in [2.45, 2.75) is 0 Å². The molecule has 0 saturated carbocycles. The Hall–Kier alpha value is -3.83. The van der Waals surface area contributed by atoms with E-state index >= 15 is 0 Å². The first-order chi connectivity index (χ1) is 15.8. The van der Waals surface area contributed by atoms with E-state index in [1.807, 2.05) is 36.4 Å². The molecular formula is C27H18BN3S. The number of nitrogens with zero attached hydrogens (tertiary/aromatic N) is 3. The molecule has 5 heteroatoms. The lowest BCUT2D eigenvalue weighted by molar-refractivity contribution is 1.08. The molecule has 0 saturated heterocycles. The topological polar surface area (TPSA) is 38.7 Å². The van der Waals surface area contributed by atoms with Gasteiger partial charge in [-0.3, -0.25) is 0 Å². The summed E-state index contributed by atoms with van der Waals surface area (Å²) in [5.74, 6) is 2.08. The molecule has 0 amide bonds. The summed E-state index contributed by atoms with van der Waals surface area (Å²) >= 11 is 1.79. The zero-order chi connectivity index (χ0) is 21.5. The fraction of sp³-hybridized carbons (Fsp3) is 0. The SMILES string of the molecule is Bc1cccc(-c2nc(-c3ccccc3)nc(-c3cccc4c3sc3ccccc34)n2)c1. The highest BCUT2D eigenvalue weighted by molar-refractivity contribution is 7.26. The fourth-order valence-electron chi connectivity index (χ4n) is 4.05. The van der Waals surface area contributed by atoms with Gasteiger partial charge in [0.15, 0.2) is 17.5 Å². The summed E-state index contributed by atoms with van der Waals surface area (Å²) in [6.45, 7) is 0. The number of fused-ring (bicyclic) bond motifs is 3. The van der Waals surface area contributed by atoms with Crippen LogP contribution in [-0.4, -0.2) is 22.8 Å². The molecule has 2 heterocycles. The molecule has 0 radical (unpaired) electrons. The zero-order valence-electron chi connectivity index (χ0n) is 17.5. The third-order valence-corrected chi connectivity index (χ3v) is 6.81. The van der Waals surface area contributed by atoms with Crippen molar-refractivity contribution in [3.63, 3.8) is 0 Å². The van der Waals surface area contributed by atoms with E-state index in [9.17, 15) is 0 Å². The third-order valence-electron chi connectivity index (χ3n) is 5.59. The monoisotopic (exact) mass is 427 g/mol. The van der Waals surface area contributed by atoms with E-state index in [4.69, 9.17) is 15.0 Å². The largest absolute Gasteiger partial charge is 0.208 e. The van der Waals surface area contributed by atoms with Gasteiger partial charge in [-0.15, -0.1) is 11.3 Å². The molecule has 0 fully saturated rings. The first kappa shape index (κ1) is 18.9. The van der Waals surface area contributed by atoms with Crippen LogP contribution in [0, 0.1) is 0 Å². The zero-order valence-corrected chi connectivity index (χ0v) is 18.3. The maximum Gasteiger partial charge on any atom is 0.165 e. The van der Waals surface area contributed by atoms with Crippen LogP contribution in [-0.2, 0) is 0 Å². The summed E-state index contributed by atoms with van der Waals surface area (Å²) in [7, 11) is 2.08. The van der Waals surface area contributed by atoms with Gasteiger partial charge >= 0.3 is 0 Å². The van der Waals surface area contributed by atoms with Gasteiger partial charge < -0.3 is 0 Å². The Morgan fingerprint density at radius 1 is 0.562 bits per heavy atom. The average Bonchev–Trinajstić information content (AvgIpc) is 3.23. The molecule has 32 heavy (non-hydrogen) atoms. The average molecular weight is 427 g/mol. The van der Waals surface area contributed by atoms with Crippen LogP contribution in [0.4, 0.5) is 0 Å². The summed E-state index contributed by atoms with van der Waals surface area (Å²) in [6, 6.07) is 33.3. The van der Waals surface area contributed by atoms with Crippen LogP contribution in [0.3, 0.4) is 0 Å². The van der Waals surface area contributed by atoms with Crippen LogP contribution in [0.5, 0.6) is 0 Å². The predicted octanol–water partition coefficient (Wildman–Crippen LogP) is 5.50. The number of aromatic nitrogens is 3. The van der Waals surface area contributed by atoms with Gasteiger partial charge in [0.05, 0.1) is 0 Å². The fourth-order valence-corrected chi connectivity index (χ4v) is 5.26. The van der Waals surface area contributed by atoms with Gasteiger partial charge in [-0.1, -0.05) is 90.4 Å². The number of thiophene rings is 1. The van der Waals surface area contributed by atoms with Gasteiger partial charge in [0.25, 0.3) is 0 Å². The molecule has 0 bridgehead atoms. The smallest absolute Gasteiger partial charge is 0.165 e. The predicted molar refractivity (Wildman–Crippen MR) is 137 cm³/mol. The number of benzene rings is 4. The molecule has 3 nitrogen and oxygen atoms in total. The van der Waals surface area contributed by atoms with Gasteiger partial charge in [0.2, 0.25) is 0 Å². The molecule has 0 aliphatic heterocycles. The summed E-state index contributed by atoms with van der Waals surface area (Å²) in [5, 5.41) is 2.51. The molecular weight excluding hydrogens is 409 g/mol. The normalized spacial score (nSPS) is 11.2. The highest BCUT2D eigenvalue weighted by Crippen LogP contribution is 2.39. The highest BCUT2D eigenvalue weighted by Gasteiger charge is 2.16. The molecule has 0 aliphatic carbocycles. The van der Waals surface area contributed by atoms with Crippen molar-refractivity contribution in [1.82, 2.24) is 15.0 Å². The molecule has 0 N–H and O–H groups in total. The van der Waals surface area contributed by atoms with Crippen molar-refractivity contribution in [1.29, 1.82) is 0 Å². The first-order valence-electron chi connectivity index (χ1n) is 10.6. The van der Waals surface area contributed by atoms with Crippen LogP contribution in [0.15, 0.2) is 97.1 Å². The second-order valence-corrected chi connectivity index (χ2v) is 8.87. The Balaban J connectivity index is 1.63. The Labute approximate surface area is 190 Å². The van der Waals surface area contributed by atoms with Gasteiger partial charge in [-0.05, 0) is 12.1 Å². The lowest BCUT2D eigenvalue weighted by Crippen LogP contribution is -2.04. The van der Waals surface area contributed by atoms with Crippen molar-refractivity contribution >= 4 is 44.8 Å². The minimum Gasteiger partial charge on any atom is -0.208 e. The Bertz CT molecular complexity index is 1590. The summed E-state index contributed by atoms with van der Waals surface area (Å²) in [6.07, 6.45) is 0. The molecule has 0 aliphatic rings.